The molecule has 2 aromatic carbocycles. The maximum atomic E-state index is 13.8. The molecule has 1 saturated heterocycles. The van der Waals surface area contributed by atoms with Crippen molar-refractivity contribution in [1.82, 2.24) is 10.2 Å². The Kier molecular flexibility index (Phi) is 5.84. The van der Waals surface area contributed by atoms with E-state index in [9.17, 15) is 9.18 Å². The molecule has 150 valence electrons. The van der Waals surface area contributed by atoms with E-state index in [1.807, 2.05) is 24.3 Å². The van der Waals surface area contributed by atoms with Gasteiger partial charge in [0.25, 0.3) is 5.89 Å². The summed E-state index contributed by atoms with van der Waals surface area (Å²) < 4.78 is 19.3. The molecule has 1 fully saturated rings. The molecule has 1 aliphatic heterocycles. The normalized spacial score (nSPS) is 14.0. The van der Waals surface area contributed by atoms with Crippen molar-refractivity contribution in [2.45, 2.75) is 32.1 Å². The second-order valence-electron chi connectivity index (χ2n) is 7.12. The Morgan fingerprint density at radius 2 is 1.79 bits per heavy atom. The first-order valence-corrected chi connectivity index (χ1v) is 9.91. The van der Waals surface area contributed by atoms with E-state index in [0.29, 0.717) is 12.3 Å². The van der Waals surface area contributed by atoms with Crippen molar-refractivity contribution in [3.63, 3.8) is 0 Å². The summed E-state index contributed by atoms with van der Waals surface area (Å²) in [5, 5.41) is 10.7. The van der Waals surface area contributed by atoms with E-state index in [0.717, 1.165) is 18.8 Å². The number of aromatic nitrogens is 2. The number of benzene rings is 2. The van der Waals surface area contributed by atoms with Crippen LogP contribution >= 0.6 is 0 Å². The molecule has 0 aliphatic carbocycles. The van der Waals surface area contributed by atoms with Crippen LogP contribution in [-0.2, 0) is 11.2 Å². The molecule has 7 heteroatoms. The van der Waals surface area contributed by atoms with Crippen molar-refractivity contribution in [2.75, 3.05) is 23.3 Å². The predicted octanol–water partition coefficient (Wildman–Crippen LogP) is 4.44. The Labute approximate surface area is 168 Å². The molecule has 0 radical (unpaired) electrons. The molecule has 2 heterocycles. The molecule has 1 aliphatic rings. The number of aryl methyl sites for hydroxylation is 1. The molecule has 0 spiro atoms. The monoisotopic (exact) mass is 394 g/mol. The van der Waals surface area contributed by atoms with Crippen LogP contribution < -0.4 is 10.2 Å². The van der Waals surface area contributed by atoms with E-state index < -0.39 is 5.82 Å². The molecular formula is C22H23FN4O2. The lowest BCUT2D eigenvalue weighted by molar-refractivity contribution is -0.116. The largest absolute Gasteiger partial charge is 0.421 e. The lowest BCUT2D eigenvalue weighted by atomic mass is 10.1. The fourth-order valence-electron chi connectivity index (χ4n) is 3.45. The summed E-state index contributed by atoms with van der Waals surface area (Å²) in [4.78, 5) is 14.6. The fourth-order valence-corrected chi connectivity index (χ4v) is 3.45. The van der Waals surface area contributed by atoms with Gasteiger partial charge in [-0.25, -0.2) is 4.39 Å². The molecule has 1 amide bonds. The zero-order valence-electron chi connectivity index (χ0n) is 16.1. The van der Waals surface area contributed by atoms with Crippen molar-refractivity contribution < 1.29 is 13.6 Å². The van der Waals surface area contributed by atoms with Crippen LogP contribution in [0, 0.1) is 5.82 Å². The third kappa shape index (κ3) is 4.80. The number of carbonyl (C=O) groups excluding carboxylic acids is 1. The zero-order valence-corrected chi connectivity index (χ0v) is 16.1. The topological polar surface area (TPSA) is 71.3 Å². The number of hydrogen-bond donors (Lipinski definition) is 1. The predicted molar refractivity (Wildman–Crippen MR) is 109 cm³/mol. The van der Waals surface area contributed by atoms with Crippen LogP contribution in [0.15, 0.2) is 52.9 Å². The standard InChI is InChI=1S/C22H23FN4O2/c23-19-7-3-2-6-18(19)22-26-25-21(29-22)13-12-20(28)24-16-8-10-17(11-9-16)27-14-4-1-5-15-27/h2-3,6-11H,1,4-5,12-15H2,(H,24,28). The Morgan fingerprint density at radius 1 is 1.03 bits per heavy atom. The Bertz CT molecular complexity index is 965. The molecule has 29 heavy (non-hydrogen) atoms. The van der Waals surface area contributed by atoms with Gasteiger partial charge in [-0.2, -0.15) is 0 Å². The summed E-state index contributed by atoms with van der Waals surface area (Å²) in [6.07, 6.45) is 4.25. The van der Waals surface area contributed by atoms with E-state index in [2.05, 4.69) is 20.4 Å². The summed E-state index contributed by atoms with van der Waals surface area (Å²) in [5.41, 5.74) is 2.20. The van der Waals surface area contributed by atoms with Gasteiger partial charge in [0.05, 0.1) is 5.56 Å². The van der Waals surface area contributed by atoms with E-state index in [4.69, 9.17) is 4.42 Å². The number of anilines is 2. The van der Waals surface area contributed by atoms with Crippen LogP contribution in [0.3, 0.4) is 0 Å². The van der Waals surface area contributed by atoms with Crippen molar-refractivity contribution in [1.29, 1.82) is 0 Å². The summed E-state index contributed by atoms with van der Waals surface area (Å²) >= 11 is 0. The van der Waals surface area contributed by atoms with Crippen LogP contribution in [0.5, 0.6) is 0 Å². The molecule has 0 unspecified atom stereocenters. The maximum absolute atomic E-state index is 13.8. The minimum absolute atomic E-state index is 0.117. The highest BCUT2D eigenvalue weighted by Gasteiger charge is 2.14. The van der Waals surface area contributed by atoms with Crippen molar-refractivity contribution in [3.05, 3.63) is 60.2 Å². The smallest absolute Gasteiger partial charge is 0.250 e. The first-order valence-electron chi connectivity index (χ1n) is 9.91. The number of amides is 1. The van der Waals surface area contributed by atoms with Gasteiger partial charge in [-0.3, -0.25) is 4.79 Å². The number of piperidine rings is 1. The summed E-state index contributed by atoms with van der Waals surface area (Å²) in [5.74, 6) is -0.138. The van der Waals surface area contributed by atoms with Gasteiger partial charge < -0.3 is 14.6 Å². The molecule has 6 nitrogen and oxygen atoms in total. The van der Waals surface area contributed by atoms with Crippen molar-refractivity contribution in [3.8, 4) is 11.5 Å². The van der Waals surface area contributed by atoms with Crippen molar-refractivity contribution in [2.24, 2.45) is 0 Å². The summed E-state index contributed by atoms with van der Waals surface area (Å²) in [7, 11) is 0. The highest BCUT2D eigenvalue weighted by molar-refractivity contribution is 5.90. The van der Waals surface area contributed by atoms with Gasteiger partial charge in [-0.15, -0.1) is 10.2 Å². The average Bonchev–Trinajstić information content (AvgIpc) is 3.23. The van der Waals surface area contributed by atoms with Crippen molar-refractivity contribution >= 4 is 17.3 Å². The number of hydrogen-bond acceptors (Lipinski definition) is 5. The molecule has 0 atom stereocenters. The third-order valence-corrected chi connectivity index (χ3v) is 5.01. The quantitative estimate of drug-likeness (QED) is 0.669. The Balaban J connectivity index is 1.30. The zero-order chi connectivity index (χ0) is 20.1. The van der Waals surface area contributed by atoms with Gasteiger partial charge in [0.15, 0.2) is 0 Å². The van der Waals surface area contributed by atoms with E-state index >= 15 is 0 Å². The van der Waals surface area contributed by atoms with Gasteiger partial charge in [-0.1, -0.05) is 12.1 Å². The number of nitrogens with zero attached hydrogens (tertiary/aromatic N) is 3. The van der Waals surface area contributed by atoms with Crippen LogP contribution in [0.2, 0.25) is 0 Å². The first kappa shape index (κ1) is 19.1. The molecule has 0 saturated carbocycles. The Morgan fingerprint density at radius 3 is 2.55 bits per heavy atom. The number of rotatable bonds is 6. The fraction of sp³-hybridized carbons (Fsp3) is 0.318. The molecule has 3 aromatic rings. The van der Waals surface area contributed by atoms with Crippen LogP contribution in [-0.4, -0.2) is 29.2 Å². The highest BCUT2D eigenvalue weighted by Crippen LogP contribution is 2.23. The molecular weight excluding hydrogens is 371 g/mol. The first-order chi connectivity index (χ1) is 14.2. The second-order valence-corrected chi connectivity index (χ2v) is 7.12. The Hall–Kier alpha value is -3.22. The summed E-state index contributed by atoms with van der Waals surface area (Å²) in [6, 6.07) is 14.1. The lowest BCUT2D eigenvalue weighted by Gasteiger charge is -2.28. The maximum Gasteiger partial charge on any atom is 0.250 e. The number of carbonyl (C=O) groups is 1. The second kappa shape index (κ2) is 8.86. The SMILES string of the molecule is O=C(CCc1nnc(-c2ccccc2F)o1)Nc1ccc(N2CCCCC2)cc1. The van der Waals surface area contributed by atoms with E-state index in [1.165, 1.54) is 31.0 Å². The minimum Gasteiger partial charge on any atom is -0.421 e. The molecule has 0 bridgehead atoms. The highest BCUT2D eigenvalue weighted by atomic mass is 19.1. The summed E-state index contributed by atoms with van der Waals surface area (Å²) in [6.45, 7) is 2.18. The van der Waals surface area contributed by atoms with E-state index in [-0.39, 0.29) is 23.8 Å². The minimum atomic E-state index is -0.423. The number of halogens is 1. The van der Waals surface area contributed by atoms with Gasteiger partial charge in [0, 0.05) is 37.3 Å². The van der Waals surface area contributed by atoms with Crippen LogP contribution in [0.4, 0.5) is 15.8 Å². The lowest BCUT2D eigenvalue weighted by Crippen LogP contribution is -2.29. The molecule has 1 aromatic heterocycles. The van der Waals surface area contributed by atoms with Crippen LogP contribution in [0.25, 0.3) is 11.5 Å². The van der Waals surface area contributed by atoms with Gasteiger partial charge in [0.1, 0.15) is 5.82 Å². The number of nitrogens with one attached hydrogen (secondary N) is 1. The molecule has 4 rings (SSSR count). The van der Waals surface area contributed by atoms with Gasteiger partial charge >= 0.3 is 0 Å². The van der Waals surface area contributed by atoms with Crippen LogP contribution in [0.1, 0.15) is 31.6 Å². The average molecular weight is 394 g/mol. The van der Waals surface area contributed by atoms with E-state index in [1.54, 1.807) is 18.2 Å². The van der Waals surface area contributed by atoms with Gasteiger partial charge in [0.2, 0.25) is 11.8 Å². The third-order valence-electron chi connectivity index (χ3n) is 5.01. The molecule has 1 N–H and O–H groups in total. The van der Waals surface area contributed by atoms with Gasteiger partial charge in [-0.05, 0) is 55.7 Å².